The highest BCUT2D eigenvalue weighted by Crippen LogP contribution is 2.24. The number of hydrogen-bond acceptors (Lipinski definition) is 4. The molecule has 5 heteroatoms. The van der Waals surface area contributed by atoms with Crippen LogP contribution in [0.1, 0.15) is 50.6 Å². The Morgan fingerprint density at radius 2 is 2.09 bits per heavy atom. The van der Waals surface area contributed by atoms with Crippen molar-refractivity contribution in [3.05, 3.63) is 18.0 Å². The molecule has 0 spiro atoms. The number of carbonyl (C=O) groups is 1. The minimum atomic E-state index is 0.0662. The normalized spacial score (nSPS) is 22.8. The Hall–Kier alpha value is -1.65. The van der Waals surface area contributed by atoms with Crippen LogP contribution in [0.15, 0.2) is 12.3 Å². The van der Waals surface area contributed by atoms with Crippen LogP contribution in [-0.2, 0) is 4.79 Å². The van der Waals surface area contributed by atoms with Crippen LogP contribution in [-0.4, -0.2) is 35.5 Å². The summed E-state index contributed by atoms with van der Waals surface area (Å²) in [5, 5.41) is 3.20. The molecule has 1 aliphatic carbocycles. The highest BCUT2D eigenvalue weighted by Gasteiger charge is 2.27. The Morgan fingerprint density at radius 1 is 1.26 bits per heavy atom. The number of nitrogens with one attached hydrogen (secondary N) is 1. The van der Waals surface area contributed by atoms with Gasteiger partial charge in [0.1, 0.15) is 0 Å². The fourth-order valence-corrected chi connectivity index (χ4v) is 3.74. The third-order valence-electron chi connectivity index (χ3n) is 5.15. The zero-order valence-electron chi connectivity index (χ0n) is 14.1. The van der Waals surface area contributed by atoms with E-state index in [1.165, 1.54) is 32.1 Å². The zero-order valence-corrected chi connectivity index (χ0v) is 14.1. The number of anilines is 1. The molecule has 5 nitrogen and oxygen atoms in total. The van der Waals surface area contributed by atoms with Crippen LogP contribution < -0.4 is 10.2 Å². The third kappa shape index (κ3) is 4.43. The van der Waals surface area contributed by atoms with Crippen molar-refractivity contribution in [2.45, 2.75) is 51.9 Å². The Morgan fingerprint density at radius 3 is 2.87 bits per heavy atom. The molecule has 1 aromatic rings. The number of aryl methyl sites for hydroxylation is 1. The molecule has 1 atom stereocenters. The number of nitrogens with zero attached hydrogens (tertiary/aromatic N) is 3. The van der Waals surface area contributed by atoms with Gasteiger partial charge in [-0.2, -0.15) is 0 Å². The first-order valence-corrected chi connectivity index (χ1v) is 9.04. The molecule has 2 fully saturated rings. The van der Waals surface area contributed by atoms with Gasteiger partial charge in [0.15, 0.2) is 0 Å². The second-order valence-electron chi connectivity index (χ2n) is 7.03. The van der Waals surface area contributed by atoms with Crippen LogP contribution in [0.3, 0.4) is 0 Å². The summed E-state index contributed by atoms with van der Waals surface area (Å²) in [6, 6.07) is 1.90. The standard InChI is InChI=1S/C18H28N4O/c1-14-9-10-19-18(21-14)22-11-5-8-16(13-22)17(23)20-12-15-6-3-2-4-7-15/h9-10,15-16H,2-8,11-13H2,1H3,(H,20,23)/t16-/m1/s1. The quantitative estimate of drug-likeness (QED) is 0.928. The number of carbonyl (C=O) groups excluding carboxylic acids is 1. The lowest BCUT2D eigenvalue weighted by atomic mass is 9.89. The molecule has 126 valence electrons. The lowest BCUT2D eigenvalue weighted by molar-refractivity contribution is -0.125. The molecule has 1 amide bonds. The maximum absolute atomic E-state index is 12.5. The minimum Gasteiger partial charge on any atom is -0.356 e. The number of piperidine rings is 1. The van der Waals surface area contributed by atoms with Gasteiger partial charge in [-0.15, -0.1) is 0 Å². The van der Waals surface area contributed by atoms with Crippen LogP contribution in [0.4, 0.5) is 5.95 Å². The van der Waals surface area contributed by atoms with Crippen LogP contribution in [0.25, 0.3) is 0 Å². The van der Waals surface area contributed by atoms with E-state index in [1.807, 2.05) is 13.0 Å². The fourth-order valence-electron chi connectivity index (χ4n) is 3.74. The maximum Gasteiger partial charge on any atom is 0.225 e. The molecule has 3 rings (SSSR count). The van der Waals surface area contributed by atoms with Crippen molar-refractivity contribution >= 4 is 11.9 Å². The van der Waals surface area contributed by atoms with E-state index in [9.17, 15) is 4.79 Å². The number of aromatic nitrogens is 2. The van der Waals surface area contributed by atoms with Gasteiger partial charge in [-0.05, 0) is 44.6 Å². The highest BCUT2D eigenvalue weighted by molar-refractivity contribution is 5.79. The number of rotatable bonds is 4. The lowest BCUT2D eigenvalue weighted by Crippen LogP contribution is -2.44. The van der Waals surface area contributed by atoms with Crippen LogP contribution >= 0.6 is 0 Å². The minimum absolute atomic E-state index is 0.0662. The molecule has 0 radical (unpaired) electrons. The van der Waals surface area contributed by atoms with E-state index in [4.69, 9.17) is 0 Å². The second kappa shape index (κ2) is 7.75. The maximum atomic E-state index is 12.5. The Labute approximate surface area is 138 Å². The summed E-state index contributed by atoms with van der Waals surface area (Å²) >= 11 is 0. The predicted molar refractivity (Wildman–Crippen MR) is 91.3 cm³/mol. The van der Waals surface area contributed by atoms with Gasteiger partial charge in [-0.1, -0.05) is 19.3 Å². The Balaban J connectivity index is 1.52. The first-order valence-electron chi connectivity index (χ1n) is 9.04. The SMILES string of the molecule is Cc1ccnc(N2CCC[C@@H](C(=O)NCC3CCCCC3)C2)n1. The smallest absolute Gasteiger partial charge is 0.225 e. The molecule has 0 bridgehead atoms. The van der Waals surface area contributed by atoms with Crippen molar-refractivity contribution in [3.63, 3.8) is 0 Å². The summed E-state index contributed by atoms with van der Waals surface area (Å²) in [5.74, 6) is 1.73. The first kappa shape index (κ1) is 16.2. The van der Waals surface area contributed by atoms with Crippen molar-refractivity contribution < 1.29 is 4.79 Å². The van der Waals surface area contributed by atoms with Crippen molar-refractivity contribution in [1.82, 2.24) is 15.3 Å². The zero-order chi connectivity index (χ0) is 16.1. The third-order valence-corrected chi connectivity index (χ3v) is 5.15. The molecule has 1 saturated carbocycles. The fraction of sp³-hybridized carbons (Fsp3) is 0.722. The van der Waals surface area contributed by atoms with Gasteiger partial charge >= 0.3 is 0 Å². The number of amides is 1. The highest BCUT2D eigenvalue weighted by atomic mass is 16.1. The molecule has 1 saturated heterocycles. The van der Waals surface area contributed by atoms with Crippen LogP contribution in [0.2, 0.25) is 0 Å². The van der Waals surface area contributed by atoms with E-state index in [0.29, 0.717) is 5.92 Å². The summed E-state index contributed by atoms with van der Waals surface area (Å²) in [5.41, 5.74) is 0.971. The summed E-state index contributed by atoms with van der Waals surface area (Å²) in [4.78, 5) is 23.5. The van der Waals surface area contributed by atoms with Crippen molar-refractivity contribution in [1.29, 1.82) is 0 Å². The van der Waals surface area contributed by atoms with Gasteiger partial charge in [-0.25, -0.2) is 9.97 Å². The van der Waals surface area contributed by atoms with Gasteiger partial charge in [0.25, 0.3) is 0 Å². The van der Waals surface area contributed by atoms with Crippen LogP contribution in [0.5, 0.6) is 0 Å². The molecule has 0 aromatic carbocycles. The summed E-state index contributed by atoms with van der Waals surface area (Å²) in [6.07, 6.45) is 10.3. The second-order valence-corrected chi connectivity index (χ2v) is 7.03. The van der Waals surface area contributed by atoms with Gasteiger partial charge in [0, 0.05) is 31.5 Å². The molecule has 23 heavy (non-hydrogen) atoms. The molecule has 2 aliphatic rings. The molecule has 0 unspecified atom stereocenters. The molecule has 1 aliphatic heterocycles. The van der Waals surface area contributed by atoms with Crippen molar-refractivity contribution in [2.75, 3.05) is 24.5 Å². The average molecular weight is 316 g/mol. The summed E-state index contributed by atoms with van der Waals surface area (Å²) in [6.45, 7) is 4.51. The largest absolute Gasteiger partial charge is 0.356 e. The van der Waals surface area contributed by atoms with Crippen molar-refractivity contribution in [3.8, 4) is 0 Å². The molecule has 1 N–H and O–H groups in total. The number of hydrogen-bond donors (Lipinski definition) is 1. The van der Waals surface area contributed by atoms with Gasteiger partial charge in [-0.3, -0.25) is 4.79 Å². The van der Waals surface area contributed by atoms with E-state index in [0.717, 1.165) is 44.1 Å². The molecule has 2 heterocycles. The predicted octanol–water partition coefficient (Wildman–Crippen LogP) is 2.70. The van der Waals surface area contributed by atoms with E-state index in [-0.39, 0.29) is 11.8 Å². The first-order chi connectivity index (χ1) is 11.2. The molecule has 1 aromatic heterocycles. The lowest BCUT2D eigenvalue weighted by Gasteiger charge is -2.32. The topological polar surface area (TPSA) is 58.1 Å². The van der Waals surface area contributed by atoms with E-state index in [1.54, 1.807) is 6.20 Å². The Bertz CT molecular complexity index is 528. The van der Waals surface area contributed by atoms with E-state index in [2.05, 4.69) is 20.2 Å². The van der Waals surface area contributed by atoms with Crippen molar-refractivity contribution in [2.24, 2.45) is 11.8 Å². The van der Waals surface area contributed by atoms with E-state index >= 15 is 0 Å². The monoisotopic (exact) mass is 316 g/mol. The van der Waals surface area contributed by atoms with E-state index < -0.39 is 0 Å². The molecular formula is C18H28N4O. The average Bonchev–Trinajstić information content (AvgIpc) is 2.61. The summed E-state index contributed by atoms with van der Waals surface area (Å²) < 4.78 is 0. The van der Waals surface area contributed by atoms with Crippen LogP contribution in [0, 0.1) is 18.8 Å². The molecular weight excluding hydrogens is 288 g/mol. The Kier molecular flexibility index (Phi) is 5.47. The van der Waals surface area contributed by atoms with Gasteiger partial charge in [0.05, 0.1) is 5.92 Å². The van der Waals surface area contributed by atoms with Gasteiger partial charge in [0.2, 0.25) is 11.9 Å². The summed E-state index contributed by atoms with van der Waals surface area (Å²) in [7, 11) is 0. The van der Waals surface area contributed by atoms with Gasteiger partial charge < -0.3 is 10.2 Å².